The predicted octanol–water partition coefficient (Wildman–Crippen LogP) is 4.90. The maximum atomic E-state index is 12.6. The van der Waals surface area contributed by atoms with Gasteiger partial charge in [-0.1, -0.05) is 25.7 Å². The molecular weight excluding hydrogens is 347 g/mol. The molecule has 1 aliphatic rings. The fourth-order valence-electron chi connectivity index (χ4n) is 2.59. The third-order valence-corrected chi connectivity index (χ3v) is 4.49. The van der Waals surface area contributed by atoms with E-state index in [-0.39, 0.29) is 5.54 Å². The van der Waals surface area contributed by atoms with Gasteiger partial charge < -0.3 is 10.5 Å². The number of ether oxygens (including phenoxy) is 1. The lowest BCUT2D eigenvalue weighted by Crippen LogP contribution is -2.45. The molecule has 1 fully saturated rings. The van der Waals surface area contributed by atoms with Crippen LogP contribution in [0.3, 0.4) is 0 Å². The summed E-state index contributed by atoms with van der Waals surface area (Å²) in [5.74, 6) is 0.400. The smallest absolute Gasteiger partial charge is 0.416 e. The Bertz CT molecular complexity index is 482. The summed E-state index contributed by atoms with van der Waals surface area (Å²) in [5, 5.41) is 0. The fourth-order valence-corrected chi connectivity index (χ4v) is 3.09. The molecular formula is C15H19BrF3NO. The summed E-state index contributed by atoms with van der Waals surface area (Å²) in [4.78, 5) is 0. The van der Waals surface area contributed by atoms with Gasteiger partial charge in [0, 0.05) is 0 Å². The van der Waals surface area contributed by atoms with Gasteiger partial charge in [-0.2, -0.15) is 13.2 Å². The fraction of sp³-hybridized carbons (Fsp3) is 0.600. The first kappa shape index (κ1) is 16.6. The standard InChI is InChI=1S/C15H19BrF3NO/c16-12-9-11(15(17,18)19)5-6-13(12)21-10-14(20)7-3-1-2-4-8-14/h5-6,9H,1-4,7-8,10,20H2. The monoisotopic (exact) mass is 365 g/mol. The lowest BCUT2D eigenvalue weighted by molar-refractivity contribution is -0.137. The largest absolute Gasteiger partial charge is 0.490 e. The summed E-state index contributed by atoms with van der Waals surface area (Å²) >= 11 is 3.13. The second-order valence-electron chi connectivity index (χ2n) is 5.71. The third-order valence-electron chi connectivity index (χ3n) is 3.87. The Hall–Kier alpha value is -0.750. The van der Waals surface area contributed by atoms with Gasteiger partial charge in [0.25, 0.3) is 0 Å². The highest BCUT2D eigenvalue weighted by Gasteiger charge is 2.31. The van der Waals surface area contributed by atoms with Crippen LogP contribution in [0.5, 0.6) is 5.75 Å². The van der Waals surface area contributed by atoms with Crippen LogP contribution in [0.4, 0.5) is 13.2 Å². The van der Waals surface area contributed by atoms with Crippen LogP contribution >= 0.6 is 15.9 Å². The third kappa shape index (κ3) is 4.61. The summed E-state index contributed by atoms with van der Waals surface area (Å²) in [7, 11) is 0. The highest BCUT2D eigenvalue weighted by Crippen LogP contribution is 2.35. The Balaban J connectivity index is 2.03. The molecule has 1 aliphatic carbocycles. The van der Waals surface area contributed by atoms with Crippen LogP contribution in [0.15, 0.2) is 22.7 Å². The molecule has 0 aromatic heterocycles. The first-order valence-electron chi connectivity index (χ1n) is 7.09. The van der Waals surface area contributed by atoms with Crippen molar-refractivity contribution < 1.29 is 17.9 Å². The van der Waals surface area contributed by atoms with E-state index >= 15 is 0 Å². The molecule has 0 unspecified atom stereocenters. The lowest BCUT2D eigenvalue weighted by Gasteiger charge is -2.28. The number of rotatable bonds is 3. The topological polar surface area (TPSA) is 35.2 Å². The van der Waals surface area contributed by atoms with Crippen LogP contribution in [-0.2, 0) is 6.18 Å². The van der Waals surface area contributed by atoms with Crippen molar-refractivity contribution in [1.29, 1.82) is 0 Å². The first-order valence-corrected chi connectivity index (χ1v) is 7.88. The van der Waals surface area contributed by atoms with E-state index in [0.717, 1.165) is 37.8 Å². The molecule has 118 valence electrons. The summed E-state index contributed by atoms with van der Waals surface area (Å²) in [6.45, 7) is 0.330. The molecule has 0 aliphatic heterocycles. The van der Waals surface area contributed by atoms with Crippen molar-refractivity contribution in [3.8, 4) is 5.75 Å². The van der Waals surface area contributed by atoms with Gasteiger partial charge >= 0.3 is 6.18 Å². The van der Waals surface area contributed by atoms with Crippen LogP contribution < -0.4 is 10.5 Å². The number of benzene rings is 1. The number of alkyl halides is 3. The Morgan fingerprint density at radius 1 is 1.14 bits per heavy atom. The summed E-state index contributed by atoms with van der Waals surface area (Å²) in [6, 6.07) is 3.40. The Morgan fingerprint density at radius 3 is 2.29 bits per heavy atom. The lowest BCUT2D eigenvalue weighted by atomic mass is 9.92. The van der Waals surface area contributed by atoms with E-state index in [0.29, 0.717) is 16.8 Å². The maximum absolute atomic E-state index is 12.6. The van der Waals surface area contributed by atoms with Crippen molar-refractivity contribution in [1.82, 2.24) is 0 Å². The summed E-state index contributed by atoms with van der Waals surface area (Å²) in [5.41, 5.74) is 5.26. The molecule has 1 aromatic rings. The number of nitrogens with two attached hydrogens (primary N) is 1. The zero-order valence-electron chi connectivity index (χ0n) is 11.7. The zero-order chi connectivity index (χ0) is 15.5. The average Bonchev–Trinajstić information content (AvgIpc) is 2.61. The van der Waals surface area contributed by atoms with Crippen molar-refractivity contribution in [3.05, 3.63) is 28.2 Å². The van der Waals surface area contributed by atoms with Gasteiger partial charge in [0.05, 0.1) is 15.6 Å². The van der Waals surface area contributed by atoms with Crippen molar-refractivity contribution in [2.24, 2.45) is 5.73 Å². The minimum Gasteiger partial charge on any atom is -0.490 e. The molecule has 0 amide bonds. The van der Waals surface area contributed by atoms with Crippen molar-refractivity contribution in [3.63, 3.8) is 0 Å². The van der Waals surface area contributed by atoms with Crippen LogP contribution in [0.2, 0.25) is 0 Å². The summed E-state index contributed by atoms with van der Waals surface area (Å²) < 4.78 is 43.8. The SMILES string of the molecule is NC1(COc2ccc(C(F)(F)F)cc2Br)CCCCCC1. The molecule has 2 rings (SSSR count). The molecule has 2 nitrogen and oxygen atoms in total. The minimum absolute atomic E-state index is 0.301. The van der Waals surface area contributed by atoms with Gasteiger partial charge in [-0.3, -0.25) is 0 Å². The van der Waals surface area contributed by atoms with E-state index in [1.807, 2.05) is 0 Å². The molecule has 0 spiro atoms. The van der Waals surface area contributed by atoms with Gasteiger partial charge in [0.1, 0.15) is 12.4 Å². The molecule has 0 bridgehead atoms. The zero-order valence-corrected chi connectivity index (χ0v) is 13.3. The van der Waals surface area contributed by atoms with E-state index in [1.165, 1.54) is 18.9 Å². The first-order chi connectivity index (χ1) is 9.80. The molecule has 0 saturated heterocycles. The molecule has 0 radical (unpaired) electrons. The van der Waals surface area contributed by atoms with Gasteiger partial charge in [0.2, 0.25) is 0 Å². The Morgan fingerprint density at radius 2 is 1.76 bits per heavy atom. The van der Waals surface area contributed by atoms with Gasteiger partial charge in [0.15, 0.2) is 0 Å². The number of halogens is 4. The van der Waals surface area contributed by atoms with Crippen LogP contribution in [0.1, 0.15) is 44.1 Å². The second-order valence-corrected chi connectivity index (χ2v) is 6.56. The highest BCUT2D eigenvalue weighted by molar-refractivity contribution is 9.10. The molecule has 1 saturated carbocycles. The second kappa shape index (κ2) is 6.57. The van der Waals surface area contributed by atoms with Gasteiger partial charge in [-0.25, -0.2) is 0 Å². The van der Waals surface area contributed by atoms with E-state index in [1.54, 1.807) is 0 Å². The van der Waals surface area contributed by atoms with E-state index < -0.39 is 11.7 Å². The molecule has 0 heterocycles. The van der Waals surface area contributed by atoms with Crippen LogP contribution in [0, 0.1) is 0 Å². The van der Waals surface area contributed by atoms with Crippen LogP contribution in [0.25, 0.3) is 0 Å². The number of hydrogen-bond acceptors (Lipinski definition) is 2. The Kier molecular flexibility index (Phi) is 5.20. The maximum Gasteiger partial charge on any atom is 0.416 e. The normalized spacial score (nSPS) is 19.1. The average molecular weight is 366 g/mol. The molecule has 0 atom stereocenters. The van der Waals surface area contributed by atoms with Crippen molar-refractivity contribution in [2.45, 2.75) is 50.2 Å². The van der Waals surface area contributed by atoms with Crippen LogP contribution in [-0.4, -0.2) is 12.1 Å². The molecule has 21 heavy (non-hydrogen) atoms. The summed E-state index contributed by atoms with van der Waals surface area (Å²) in [6.07, 6.45) is 1.96. The van der Waals surface area contributed by atoms with E-state index in [4.69, 9.17) is 10.5 Å². The molecule has 6 heteroatoms. The quantitative estimate of drug-likeness (QED) is 0.773. The minimum atomic E-state index is -4.35. The predicted molar refractivity (Wildman–Crippen MR) is 79.3 cm³/mol. The highest BCUT2D eigenvalue weighted by atomic mass is 79.9. The van der Waals surface area contributed by atoms with Crippen molar-refractivity contribution >= 4 is 15.9 Å². The van der Waals surface area contributed by atoms with E-state index in [9.17, 15) is 13.2 Å². The van der Waals surface area contributed by atoms with Gasteiger partial charge in [-0.15, -0.1) is 0 Å². The van der Waals surface area contributed by atoms with E-state index in [2.05, 4.69) is 15.9 Å². The number of hydrogen-bond donors (Lipinski definition) is 1. The molecule has 2 N–H and O–H groups in total. The van der Waals surface area contributed by atoms with Gasteiger partial charge in [-0.05, 0) is 47.0 Å². The molecule has 1 aromatic carbocycles. The Labute approximate surface area is 131 Å². The van der Waals surface area contributed by atoms with Crippen molar-refractivity contribution in [2.75, 3.05) is 6.61 Å².